The molecule has 1 aliphatic rings. The van der Waals surface area contributed by atoms with E-state index in [4.69, 9.17) is 0 Å². The van der Waals surface area contributed by atoms with Gasteiger partial charge in [0.2, 0.25) is 0 Å². The highest BCUT2D eigenvalue weighted by atomic mass is 19.3. The molecule has 0 spiro atoms. The molecular formula is C21H18F2N6O. The lowest BCUT2D eigenvalue weighted by molar-refractivity contribution is -0.0561. The van der Waals surface area contributed by atoms with Crippen molar-refractivity contribution in [2.45, 2.75) is 18.8 Å². The largest absolute Gasteiger partial charge is 0.331 e. The number of halogens is 2. The number of likely N-dealkylation sites (tertiary alicyclic amines) is 1. The van der Waals surface area contributed by atoms with Crippen molar-refractivity contribution in [3.8, 4) is 11.3 Å². The molecular weight excluding hydrogens is 390 g/mol. The molecule has 4 aromatic heterocycles. The summed E-state index contributed by atoms with van der Waals surface area (Å²) in [6.45, 7) is -0.270. The van der Waals surface area contributed by atoms with Gasteiger partial charge in [-0.05, 0) is 30.7 Å². The first-order chi connectivity index (χ1) is 14.4. The van der Waals surface area contributed by atoms with E-state index in [1.807, 2.05) is 31.4 Å². The molecule has 0 aromatic carbocycles. The van der Waals surface area contributed by atoms with Gasteiger partial charge in [-0.2, -0.15) is 5.10 Å². The normalized spacial score (nSPS) is 16.3. The Kier molecular flexibility index (Phi) is 4.19. The van der Waals surface area contributed by atoms with Crippen molar-refractivity contribution in [2.24, 2.45) is 7.05 Å². The minimum Gasteiger partial charge on any atom is -0.331 e. The van der Waals surface area contributed by atoms with Crippen molar-refractivity contribution in [1.82, 2.24) is 29.6 Å². The molecule has 1 saturated heterocycles. The Morgan fingerprint density at radius 2 is 2.00 bits per heavy atom. The van der Waals surface area contributed by atoms with Crippen molar-refractivity contribution < 1.29 is 13.6 Å². The molecule has 5 heterocycles. The van der Waals surface area contributed by atoms with Gasteiger partial charge in [-0.15, -0.1) is 0 Å². The van der Waals surface area contributed by atoms with E-state index in [2.05, 4.69) is 20.1 Å². The number of piperidine rings is 1. The van der Waals surface area contributed by atoms with Crippen LogP contribution >= 0.6 is 0 Å². The van der Waals surface area contributed by atoms with Gasteiger partial charge < -0.3 is 4.90 Å². The molecule has 30 heavy (non-hydrogen) atoms. The average molecular weight is 408 g/mol. The molecule has 1 fully saturated rings. The second-order valence-electron chi connectivity index (χ2n) is 7.58. The average Bonchev–Trinajstić information content (AvgIpc) is 3.10. The first-order valence-corrected chi connectivity index (χ1v) is 9.62. The summed E-state index contributed by atoms with van der Waals surface area (Å²) in [4.78, 5) is 27.1. The van der Waals surface area contributed by atoms with Gasteiger partial charge in [0, 0.05) is 54.9 Å². The van der Waals surface area contributed by atoms with E-state index in [-0.39, 0.29) is 18.5 Å². The highest BCUT2D eigenvalue weighted by Gasteiger charge is 2.37. The fourth-order valence-electron chi connectivity index (χ4n) is 3.77. The predicted molar refractivity (Wildman–Crippen MR) is 107 cm³/mol. The van der Waals surface area contributed by atoms with Crippen LogP contribution in [-0.4, -0.2) is 54.6 Å². The fraction of sp³-hybridized carbons (Fsp3) is 0.286. The summed E-state index contributed by atoms with van der Waals surface area (Å²) in [5, 5.41) is 5.92. The number of fused-ring (bicyclic) bond motifs is 2. The van der Waals surface area contributed by atoms with Crippen LogP contribution in [0, 0.1) is 0 Å². The second-order valence-corrected chi connectivity index (χ2v) is 7.58. The van der Waals surface area contributed by atoms with Gasteiger partial charge in [-0.3, -0.25) is 14.5 Å². The SMILES string of the molecule is Cn1cc2cc(-c3ccc4cnc(C(=O)N5CCCC(F)(F)C5)cc4n3)cnc2n1. The van der Waals surface area contributed by atoms with Crippen LogP contribution < -0.4 is 0 Å². The van der Waals surface area contributed by atoms with Gasteiger partial charge in [-0.25, -0.2) is 18.7 Å². The summed E-state index contributed by atoms with van der Waals surface area (Å²) in [5.41, 5.74) is 2.84. The summed E-state index contributed by atoms with van der Waals surface area (Å²) < 4.78 is 29.1. The van der Waals surface area contributed by atoms with E-state index in [0.717, 1.165) is 16.3 Å². The summed E-state index contributed by atoms with van der Waals surface area (Å²) >= 11 is 0. The molecule has 0 N–H and O–H groups in total. The van der Waals surface area contributed by atoms with Crippen LogP contribution in [0.25, 0.3) is 33.2 Å². The van der Waals surface area contributed by atoms with Crippen molar-refractivity contribution in [3.63, 3.8) is 0 Å². The van der Waals surface area contributed by atoms with E-state index < -0.39 is 18.4 Å². The van der Waals surface area contributed by atoms with Crippen LogP contribution in [-0.2, 0) is 7.05 Å². The maximum absolute atomic E-state index is 13.7. The lowest BCUT2D eigenvalue weighted by Gasteiger charge is -2.32. The molecule has 0 atom stereocenters. The van der Waals surface area contributed by atoms with E-state index in [0.29, 0.717) is 23.4 Å². The zero-order chi connectivity index (χ0) is 20.9. The van der Waals surface area contributed by atoms with Gasteiger partial charge in [0.05, 0.1) is 17.8 Å². The molecule has 0 aliphatic carbocycles. The second kappa shape index (κ2) is 6.79. The Hall–Kier alpha value is -3.49. The number of carbonyl (C=O) groups is 1. The number of hydrogen-bond acceptors (Lipinski definition) is 5. The number of carbonyl (C=O) groups excluding carboxylic acids is 1. The molecule has 0 unspecified atom stereocenters. The summed E-state index contributed by atoms with van der Waals surface area (Å²) in [6, 6.07) is 7.23. The number of hydrogen-bond donors (Lipinski definition) is 0. The summed E-state index contributed by atoms with van der Waals surface area (Å²) in [7, 11) is 1.83. The lowest BCUT2D eigenvalue weighted by Crippen LogP contribution is -2.45. The third-order valence-electron chi connectivity index (χ3n) is 5.24. The molecule has 1 aliphatic heterocycles. The zero-order valence-corrected chi connectivity index (χ0v) is 16.2. The Morgan fingerprint density at radius 1 is 1.13 bits per heavy atom. The highest BCUT2D eigenvalue weighted by molar-refractivity contribution is 5.96. The number of pyridine rings is 3. The van der Waals surface area contributed by atoms with Gasteiger partial charge in [0.1, 0.15) is 5.69 Å². The smallest absolute Gasteiger partial charge is 0.272 e. The third-order valence-corrected chi connectivity index (χ3v) is 5.24. The van der Waals surface area contributed by atoms with Crippen molar-refractivity contribution in [1.29, 1.82) is 0 Å². The van der Waals surface area contributed by atoms with E-state index >= 15 is 0 Å². The van der Waals surface area contributed by atoms with Gasteiger partial charge in [0.15, 0.2) is 5.65 Å². The molecule has 0 saturated carbocycles. The molecule has 152 valence electrons. The van der Waals surface area contributed by atoms with Crippen LogP contribution in [0.15, 0.2) is 42.9 Å². The predicted octanol–water partition coefficient (Wildman–Crippen LogP) is 3.45. The minimum atomic E-state index is -2.85. The topological polar surface area (TPSA) is 76.8 Å². The monoisotopic (exact) mass is 408 g/mol. The molecule has 1 amide bonds. The van der Waals surface area contributed by atoms with Crippen molar-refractivity contribution in [2.75, 3.05) is 13.1 Å². The Balaban J connectivity index is 1.49. The molecule has 7 nitrogen and oxygen atoms in total. The number of nitrogens with zero attached hydrogens (tertiary/aromatic N) is 6. The molecule has 5 rings (SSSR count). The lowest BCUT2D eigenvalue weighted by atomic mass is 10.1. The maximum atomic E-state index is 13.7. The Labute approximate surface area is 170 Å². The molecule has 0 bridgehead atoms. The van der Waals surface area contributed by atoms with E-state index in [1.54, 1.807) is 23.1 Å². The van der Waals surface area contributed by atoms with Gasteiger partial charge in [-0.1, -0.05) is 0 Å². The molecule has 4 aromatic rings. The van der Waals surface area contributed by atoms with Crippen molar-refractivity contribution >= 4 is 27.8 Å². The first kappa shape index (κ1) is 18.5. The quantitative estimate of drug-likeness (QED) is 0.508. The number of aryl methyl sites for hydroxylation is 1. The van der Waals surface area contributed by atoms with Crippen LogP contribution in [0.4, 0.5) is 8.78 Å². The number of amides is 1. The van der Waals surface area contributed by atoms with Crippen LogP contribution in [0.2, 0.25) is 0 Å². The first-order valence-electron chi connectivity index (χ1n) is 9.62. The van der Waals surface area contributed by atoms with Crippen LogP contribution in [0.5, 0.6) is 0 Å². The molecule has 0 radical (unpaired) electrons. The van der Waals surface area contributed by atoms with E-state index in [9.17, 15) is 13.6 Å². The fourth-order valence-corrected chi connectivity index (χ4v) is 3.77. The Bertz CT molecular complexity index is 1290. The number of alkyl halides is 2. The number of aromatic nitrogens is 5. The maximum Gasteiger partial charge on any atom is 0.272 e. The van der Waals surface area contributed by atoms with Crippen molar-refractivity contribution in [3.05, 3.63) is 48.5 Å². The third kappa shape index (κ3) is 3.36. The van der Waals surface area contributed by atoms with Crippen LogP contribution in [0.1, 0.15) is 23.3 Å². The highest BCUT2D eigenvalue weighted by Crippen LogP contribution is 2.28. The van der Waals surface area contributed by atoms with Gasteiger partial charge >= 0.3 is 0 Å². The van der Waals surface area contributed by atoms with Gasteiger partial charge in [0.25, 0.3) is 11.8 Å². The summed E-state index contributed by atoms with van der Waals surface area (Å²) in [5.74, 6) is -3.35. The standard InChI is InChI=1S/C21H18F2N6O/c1-28-11-15-7-14(10-25-19(15)27-28)16-4-3-13-9-24-18(8-17(13)26-16)20(30)29-6-2-5-21(22,23)12-29/h3-4,7-11H,2,5-6,12H2,1H3. The minimum absolute atomic E-state index is 0.116. The summed E-state index contributed by atoms with van der Waals surface area (Å²) in [6.07, 6.45) is 5.21. The molecule has 9 heteroatoms. The van der Waals surface area contributed by atoms with Crippen LogP contribution in [0.3, 0.4) is 0 Å². The number of rotatable bonds is 2. The zero-order valence-electron chi connectivity index (χ0n) is 16.2. The van der Waals surface area contributed by atoms with E-state index in [1.165, 1.54) is 4.90 Å². The Morgan fingerprint density at radius 3 is 2.83 bits per heavy atom.